The predicted octanol–water partition coefficient (Wildman–Crippen LogP) is 0.602. The number of nitrogens with two attached hydrogens (primary N) is 2. The summed E-state index contributed by atoms with van der Waals surface area (Å²) < 4.78 is 0. The van der Waals surface area contributed by atoms with Crippen molar-refractivity contribution >= 4 is 29.1 Å². The minimum absolute atomic E-state index is 0.0959. The maximum atomic E-state index is 12.1. The molecule has 2 rings (SSSR count). The highest BCUT2D eigenvalue weighted by molar-refractivity contribution is 6.33. The van der Waals surface area contributed by atoms with Gasteiger partial charge >= 0.3 is 0 Å². The highest BCUT2D eigenvalue weighted by Gasteiger charge is 2.22. The van der Waals surface area contributed by atoms with Gasteiger partial charge in [0.05, 0.1) is 17.3 Å². The standard InChI is InChI=1S/C14H19ClN4O2/c15-11-2-1-9(7-12(11)16)14(21)18-10-3-5-19(6-4-10)8-13(17)20/h1-2,7,10H,3-6,8,16H2,(H2,17,20)(H,18,21). The molecule has 114 valence electrons. The lowest BCUT2D eigenvalue weighted by molar-refractivity contribution is -0.119. The first kappa shape index (κ1) is 15.6. The van der Waals surface area contributed by atoms with Crippen LogP contribution in [0.1, 0.15) is 23.2 Å². The largest absolute Gasteiger partial charge is 0.398 e. The molecule has 0 aliphatic carbocycles. The molecule has 6 nitrogen and oxygen atoms in total. The molecule has 1 aliphatic rings. The number of rotatable bonds is 4. The number of nitrogen functional groups attached to an aromatic ring is 1. The molecule has 1 saturated heterocycles. The van der Waals surface area contributed by atoms with E-state index in [1.54, 1.807) is 18.2 Å². The van der Waals surface area contributed by atoms with Gasteiger partial charge in [0.15, 0.2) is 0 Å². The third kappa shape index (κ3) is 4.34. The van der Waals surface area contributed by atoms with Crippen molar-refractivity contribution in [2.45, 2.75) is 18.9 Å². The van der Waals surface area contributed by atoms with Gasteiger partial charge in [-0.3, -0.25) is 14.5 Å². The van der Waals surface area contributed by atoms with Crippen LogP contribution in [-0.4, -0.2) is 42.4 Å². The molecule has 1 aromatic carbocycles. The highest BCUT2D eigenvalue weighted by atomic mass is 35.5. The van der Waals surface area contributed by atoms with Crippen LogP contribution in [0, 0.1) is 0 Å². The number of primary amides is 1. The average Bonchev–Trinajstić information content (AvgIpc) is 2.43. The molecule has 1 heterocycles. The summed E-state index contributed by atoms with van der Waals surface area (Å²) in [4.78, 5) is 25.0. The van der Waals surface area contributed by atoms with Crippen LogP contribution in [0.15, 0.2) is 18.2 Å². The minimum Gasteiger partial charge on any atom is -0.398 e. The Kier molecular flexibility index (Phi) is 5.03. The summed E-state index contributed by atoms with van der Waals surface area (Å²) in [6, 6.07) is 4.93. The summed E-state index contributed by atoms with van der Waals surface area (Å²) in [5.74, 6) is -0.485. The second kappa shape index (κ2) is 6.78. The number of nitrogens with zero attached hydrogens (tertiary/aromatic N) is 1. The van der Waals surface area contributed by atoms with Crippen molar-refractivity contribution in [1.82, 2.24) is 10.2 Å². The van der Waals surface area contributed by atoms with E-state index in [2.05, 4.69) is 5.32 Å². The van der Waals surface area contributed by atoms with E-state index in [1.807, 2.05) is 4.90 Å². The summed E-state index contributed by atoms with van der Waals surface area (Å²) in [5.41, 5.74) is 11.7. The first-order chi connectivity index (χ1) is 9.95. The fourth-order valence-corrected chi connectivity index (χ4v) is 2.53. The maximum absolute atomic E-state index is 12.1. The van der Waals surface area contributed by atoms with Crippen molar-refractivity contribution in [3.05, 3.63) is 28.8 Å². The predicted molar refractivity (Wildman–Crippen MR) is 82.0 cm³/mol. The molecular weight excluding hydrogens is 292 g/mol. The lowest BCUT2D eigenvalue weighted by atomic mass is 10.0. The van der Waals surface area contributed by atoms with Crippen molar-refractivity contribution in [3.8, 4) is 0 Å². The Hall–Kier alpha value is -1.79. The van der Waals surface area contributed by atoms with Crippen LogP contribution in [0.5, 0.6) is 0 Å². The second-order valence-corrected chi connectivity index (χ2v) is 5.63. The summed E-state index contributed by atoms with van der Waals surface area (Å²) in [6.07, 6.45) is 1.59. The normalized spacial score (nSPS) is 16.6. The molecule has 0 unspecified atom stereocenters. The van der Waals surface area contributed by atoms with Crippen LogP contribution >= 0.6 is 11.6 Å². The van der Waals surface area contributed by atoms with Gasteiger partial charge in [-0.2, -0.15) is 0 Å². The Morgan fingerprint density at radius 1 is 1.33 bits per heavy atom. The van der Waals surface area contributed by atoms with E-state index in [-0.39, 0.29) is 24.4 Å². The van der Waals surface area contributed by atoms with Gasteiger partial charge in [0.25, 0.3) is 5.91 Å². The Labute approximate surface area is 128 Å². The lowest BCUT2D eigenvalue weighted by Gasteiger charge is -2.31. The minimum atomic E-state index is -0.325. The number of carbonyl (C=O) groups is 2. The molecule has 0 radical (unpaired) electrons. The quantitative estimate of drug-likeness (QED) is 0.709. The van der Waals surface area contributed by atoms with Gasteiger partial charge in [0.1, 0.15) is 0 Å². The topological polar surface area (TPSA) is 101 Å². The van der Waals surface area contributed by atoms with Crippen molar-refractivity contribution in [1.29, 1.82) is 0 Å². The molecule has 0 bridgehead atoms. The third-order valence-corrected chi connectivity index (χ3v) is 3.90. The maximum Gasteiger partial charge on any atom is 0.251 e. The molecular formula is C14H19ClN4O2. The molecule has 0 saturated carbocycles. The molecule has 7 heteroatoms. The fourth-order valence-electron chi connectivity index (χ4n) is 2.41. The molecule has 0 aromatic heterocycles. The van der Waals surface area contributed by atoms with Gasteiger partial charge in [-0.1, -0.05) is 11.6 Å². The average molecular weight is 311 g/mol. The summed E-state index contributed by atoms with van der Waals surface area (Å²) in [5, 5.41) is 3.41. The number of likely N-dealkylation sites (tertiary alicyclic amines) is 1. The van der Waals surface area contributed by atoms with Crippen LogP contribution in [0.3, 0.4) is 0 Å². The van der Waals surface area contributed by atoms with Gasteiger partial charge in [0.2, 0.25) is 5.91 Å². The van der Waals surface area contributed by atoms with Crippen molar-refractivity contribution in [2.75, 3.05) is 25.4 Å². The van der Waals surface area contributed by atoms with Gasteiger partial charge in [-0.15, -0.1) is 0 Å². The molecule has 2 amide bonds. The summed E-state index contributed by atoms with van der Waals surface area (Å²) in [7, 11) is 0. The van der Waals surface area contributed by atoms with Gasteiger partial charge < -0.3 is 16.8 Å². The molecule has 0 atom stereocenters. The number of piperidine rings is 1. The second-order valence-electron chi connectivity index (χ2n) is 5.23. The summed E-state index contributed by atoms with van der Waals surface area (Å²) >= 11 is 5.83. The van der Waals surface area contributed by atoms with E-state index in [9.17, 15) is 9.59 Å². The molecule has 0 spiro atoms. The lowest BCUT2D eigenvalue weighted by Crippen LogP contribution is -2.46. The number of hydrogen-bond acceptors (Lipinski definition) is 4. The first-order valence-corrected chi connectivity index (χ1v) is 7.20. The smallest absolute Gasteiger partial charge is 0.251 e. The van der Waals surface area contributed by atoms with Crippen molar-refractivity contribution in [2.24, 2.45) is 5.73 Å². The van der Waals surface area contributed by atoms with E-state index in [0.29, 0.717) is 16.3 Å². The van der Waals surface area contributed by atoms with Crippen LogP contribution in [0.4, 0.5) is 5.69 Å². The fraction of sp³-hybridized carbons (Fsp3) is 0.429. The number of benzene rings is 1. The van der Waals surface area contributed by atoms with E-state index >= 15 is 0 Å². The van der Waals surface area contributed by atoms with Gasteiger partial charge in [0, 0.05) is 24.7 Å². The number of carbonyl (C=O) groups excluding carboxylic acids is 2. The first-order valence-electron chi connectivity index (χ1n) is 6.82. The zero-order valence-corrected chi connectivity index (χ0v) is 12.4. The Balaban J connectivity index is 1.86. The molecule has 1 aromatic rings. The van der Waals surface area contributed by atoms with Gasteiger partial charge in [-0.25, -0.2) is 0 Å². The van der Waals surface area contributed by atoms with Crippen LogP contribution < -0.4 is 16.8 Å². The van der Waals surface area contributed by atoms with Crippen LogP contribution in [-0.2, 0) is 4.79 Å². The zero-order valence-electron chi connectivity index (χ0n) is 11.6. The molecule has 1 aliphatic heterocycles. The number of anilines is 1. The van der Waals surface area contributed by atoms with E-state index < -0.39 is 0 Å². The van der Waals surface area contributed by atoms with Crippen molar-refractivity contribution in [3.63, 3.8) is 0 Å². The SMILES string of the molecule is NC(=O)CN1CCC(NC(=O)c2ccc(Cl)c(N)c2)CC1. The highest BCUT2D eigenvalue weighted by Crippen LogP contribution is 2.20. The van der Waals surface area contributed by atoms with E-state index in [4.69, 9.17) is 23.1 Å². The van der Waals surface area contributed by atoms with Crippen LogP contribution in [0.25, 0.3) is 0 Å². The monoisotopic (exact) mass is 310 g/mol. The Morgan fingerprint density at radius 3 is 2.57 bits per heavy atom. The third-order valence-electron chi connectivity index (χ3n) is 3.56. The molecule has 1 fully saturated rings. The molecule has 5 N–H and O–H groups in total. The van der Waals surface area contributed by atoms with Crippen LogP contribution in [0.2, 0.25) is 5.02 Å². The number of amides is 2. The van der Waals surface area contributed by atoms with Crippen molar-refractivity contribution < 1.29 is 9.59 Å². The van der Waals surface area contributed by atoms with Gasteiger partial charge in [-0.05, 0) is 31.0 Å². The van der Waals surface area contributed by atoms with E-state index in [1.165, 1.54) is 0 Å². The Morgan fingerprint density at radius 2 is 2.00 bits per heavy atom. The Bertz CT molecular complexity index is 542. The number of hydrogen-bond donors (Lipinski definition) is 3. The summed E-state index contributed by atoms with van der Waals surface area (Å²) in [6.45, 7) is 1.77. The molecule has 21 heavy (non-hydrogen) atoms. The number of nitrogens with one attached hydrogen (secondary N) is 1. The van der Waals surface area contributed by atoms with E-state index in [0.717, 1.165) is 25.9 Å². The number of halogens is 1. The zero-order chi connectivity index (χ0) is 15.4.